The lowest BCUT2D eigenvalue weighted by atomic mass is 10.0. The number of aromatic nitrogens is 1. The molecule has 1 amide bonds. The van der Waals surface area contributed by atoms with Crippen LogP contribution in [0.25, 0.3) is 0 Å². The molecule has 1 unspecified atom stereocenters. The zero-order valence-electron chi connectivity index (χ0n) is 11.1. The molecule has 1 saturated heterocycles. The molecule has 0 radical (unpaired) electrons. The fourth-order valence-electron chi connectivity index (χ4n) is 2.36. The molecular weight excluding hydrogens is 246 g/mol. The Labute approximate surface area is 112 Å². The number of carbonyl (C=O) groups is 1. The number of nitrogens with zero attached hydrogens (tertiary/aromatic N) is 2. The molecule has 0 bridgehead atoms. The van der Waals surface area contributed by atoms with E-state index in [0.717, 1.165) is 24.6 Å². The first-order valence-electron chi connectivity index (χ1n) is 6.61. The average Bonchev–Trinajstić information content (AvgIpc) is 2.78. The minimum absolute atomic E-state index is 0.00487. The van der Waals surface area contributed by atoms with E-state index in [4.69, 9.17) is 0 Å². The Kier molecular flexibility index (Phi) is 4.72. The smallest absolute Gasteiger partial charge is 0.263 e. The van der Waals surface area contributed by atoms with Crippen LogP contribution in [-0.2, 0) is 0 Å². The molecule has 4 nitrogen and oxygen atoms in total. The van der Waals surface area contributed by atoms with Gasteiger partial charge in [0.25, 0.3) is 5.91 Å². The molecule has 1 aliphatic heterocycles. The lowest BCUT2D eigenvalue weighted by molar-refractivity contribution is 0.0942. The van der Waals surface area contributed by atoms with E-state index in [9.17, 15) is 4.79 Å². The van der Waals surface area contributed by atoms with E-state index in [0.29, 0.717) is 10.9 Å². The van der Waals surface area contributed by atoms with Crippen molar-refractivity contribution in [2.75, 3.05) is 19.6 Å². The molecule has 1 aliphatic rings. The number of piperidine rings is 1. The Morgan fingerprint density at radius 3 is 3.11 bits per heavy atom. The maximum Gasteiger partial charge on any atom is 0.263 e. The van der Waals surface area contributed by atoms with Crippen molar-refractivity contribution in [1.29, 1.82) is 0 Å². The van der Waals surface area contributed by atoms with Crippen molar-refractivity contribution >= 4 is 17.2 Å². The van der Waals surface area contributed by atoms with Crippen LogP contribution in [-0.4, -0.2) is 41.5 Å². The second kappa shape index (κ2) is 6.29. The van der Waals surface area contributed by atoms with Crippen LogP contribution in [0, 0.1) is 6.92 Å². The Bertz CT molecular complexity index is 405. The lowest BCUT2D eigenvalue weighted by Gasteiger charge is -2.33. The molecule has 1 fully saturated rings. The standard InChI is InChI=1S/C13H21N3OS/c1-10-5-3-4-7-16(10)8-6-14-13(17)12-9-15-11(2)18-12/h9-10H,3-8H2,1-2H3,(H,14,17). The zero-order valence-corrected chi connectivity index (χ0v) is 11.9. The Hall–Kier alpha value is -0.940. The number of hydrogen-bond acceptors (Lipinski definition) is 4. The third kappa shape index (κ3) is 3.53. The van der Waals surface area contributed by atoms with E-state index in [1.165, 1.54) is 30.6 Å². The van der Waals surface area contributed by atoms with E-state index in [1.54, 1.807) is 6.20 Å². The molecule has 2 heterocycles. The molecule has 0 aromatic carbocycles. The first kappa shape index (κ1) is 13.5. The summed E-state index contributed by atoms with van der Waals surface area (Å²) >= 11 is 1.45. The van der Waals surface area contributed by atoms with Gasteiger partial charge in [0, 0.05) is 19.1 Å². The monoisotopic (exact) mass is 267 g/mol. The maximum absolute atomic E-state index is 11.8. The summed E-state index contributed by atoms with van der Waals surface area (Å²) in [5.74, 6) is 0.00487. The van der Waals surface area contributed by atoms with E-state index in [-0.39, 0.29) is 5.91 Å². The van der Waals surface area contributed by atoms with Gasteiger partial charge in [-0.1, -0.05) is 6.42 Å². The quantitative estimate of drug-likeness (QED) is 0.908. The van der Waals surface area contributed by atoms with Gasteiger partial charge in [0.2, 0.25) is 0 Å². The van der Waals surface area contributed by atoms with Gasteiger partial charge < -0.3 is 5.32 Å². The summed E-state index contributed by atoms with van der Waals surface area (Å²) < 4.78 is 0. The second-order valence-corrected chi connectivity index (χ2v) is 6.11. The number of carbonyl (C=O) groups excluding carboxylic acids is 1. The highest BCUT2D eigenvalue weighted by Crippen LogP contribution is 2.15. The predicted octanol–water partition coefficient (Wildman–Crippen LogP) is 2.06. The van der Waals surface area contributed by atoms with Crippen LogP contribution in [0.15, 0.2) is 6.20 Å². The summed E-state index contributed by atoms with van der Waals surface area (Å²) in [6.07, 6.45) is 5.55. The molecule has 0 aliphatic carbocycles. The molecule has 18 heavy (non-hydrogen) atoms. The van der Waals surface area contributed by atoms with Gasteiger partial charge in [-0.25, -0.2) is 4.98 Å². The number of amides is 1. The first-order valence-corrected chi connectivity index (χ1v) is 7.43. The predicted molar refractivity (Wildman–Crippen MR) is 74.1 cm³/mol. The van der Waals surface area contributed by atoms with Crippen molar-refractivity contribution in [1.82, 2.24) is 15.2 Å². The fraction of sp³-hybridized carbons (Fsp3) is 0.692. The normalized spacial score (nSPS) is 20.9. The number of nitrogens with one attached hydrogen (secondary N) is 1. The zero-order chi connectivity index (χ0) is 13.0. The fourth-order valence-corrected chi connectivity index (χ4v) is 3.05. The molecular formula is C13H21N3OS. The second-order valence-electron chi connectivity index (χ2n) is 4.88. The molecule has 1 atom stereocenters. The van der Waals surface area contributed by atoms with Crippen LogP contribution in [0.4, 0.5) is 0 Å². The van der Waals surface area contributed by atoms with Crippen molar-refractivity contribution < 1.29 is 4.79 Å². The van der Waals surface area contributed by atoms with Crippen LogP contribution in [0.5, 0.6) is 0 Å². The largest absolute Gasteiger partial charge is 0.350 e. The van der Waals surface area contributed by atoms with Gasteiger partial charge in [0.15, 0.2) is 0 Å². The highest BCUT2D eigenvalue weighted by molar-refractivity contribution is 7.13. The molecule has 5 heteroatoms. The summed E-state index contributed by atoms with van der Waals surface area (Å²) in [7, 11) is 0. The molecule has 2 rings (SSSR count). The number of likely N-dealkylation sites (tertiary alicyclic amines) is 1. The molecule has 0 saturated carbocycles. The average molecular weight is 267 g/mol. The van der Waals surface area contributed by atoms with Crippen molar-refractivity contribution in [3.8, 4) is 0 Å². The van der Waals surface area contributed by atoms with Gasteiger partial charge >= 0.3 is 0 Å². The Balaban J connectivity index is 1.73. The SMILES string of the molecule is Cc1ncc(C(=O)NCCN2CCCCC2C)s1. The van der Waals surface area contributed by atoms with Crippen molar-refractivity contribution in [2.45, 2.75) is 39.2 Å². The number of aryl methyl sites for hydroxylation is 1. The number of hydrogen-bond donors (Lipinski definition) is 1. The van der Waals surface area contributed by atoms with Crippen LogP contribution < -0.4 is 5.32 Å². The summed E-state index contributed by atoms with van der Waals surface area (Å²) in [4.78, 5) is 19.1. The van der Waals surface area contributed by atoms with Gasteiger partial charge in [0.1, 0.15) is 4.88 Å². The van der Waals surface area contributed by atoms with Gasteiger partial charge in [-0.3, -0.25) is 9.69 Å². The van der Waals surface area contributed by atoms with E-state index in [1.807, 2.05) is 6.92 Å². The Morgan fingerprint density at radius 1 is 1.61 bits per heavy atom. The summed E-state index contributed by atoms with van der Waals surface area (Å²) in [5.41, 5.74) is 0. The molecule has 1 aromatic rings. The maximum atomic E-state index is 11.8. The summed E-state index contributed by atoms with van der Waals surface area (Å²) in [6, 6.07) is 0.654. The van der Waals surface area contributed by atoms with Crippen LogP contribution in [0.2, 0.25) is 0 Å². The molecule has 1 aromatic heterocycles. The summed E-state index contributed by atoms with van der Waals surface area (Å²) in [6.45, 7) is 7.02. The Morgan fingerprint density at radius 2 is 2.44 bits per heavy atom. The third-order valence-corrected chi connectivity index (χ3v) is 4.38. The summed E-state index contributed by atoms with van der Waals surface area (Å²) in [5, 5.41) is 3.90. The van der Waals surface area contributed by atoms with E-state index in [2.05, 4.69) is 22.1 Å². The topological polar surface area (TPSA) is 45.2 Å². The lowest BCUT2D eigenvalue weighted by Crippen LogP contribution is -2.42. The molecule has 1 N–H and O–H groups in total. The molecule has 100 valence electrons. The van der Waals surface area contributed by atoms with Gasteiger partial charge in [-0.15, -0.1) is 11.3 Å². The van der Waals surface area contributed by atoms with Crippen LogP contribution in [0.1, 0.15) is 40.9 Å². The highest BCUT2D eigenvalue weighted by Gasteiger charge is 2.17. The number of rotatable bonds is 4. The van der Waals surface area contributed by atoms with Crippen molar-refractivity contribution in [2.24, 2.45) is 0 Å². The van der Waals surface area contributed by atoms with E-state index >= 15 is 0 Å². The minimum Gasteiger partial charge on any atom is -0.350 e. The van der Waals surface area contributed by atoms with Gasteiger partial charge in [-0.05, 0) is 33.2 Å². The van der Waals surface area contributed by atoms with E-state index < -0.39 is 0 Å². The third-order valence-electron chi connectivity index (χ3n) is 3.47. The minimum atomic E-state index is 0.00487. The van der Waals surface area contributed by atoms with Crippen molar-refractivity contribution in [3.63, 3.8) is 0 Å². The molecule has 0 spiro atoms. The van der Waals surface area contributed by atoms with Gasteiger partial charge in [-0.2, -0.15) is 0 Å². The first-order chi connectivity index (χ1) is 8.66. The van der Waals surface area contributed by atoms with Crippen molar-refractivity contribution in [3.05, 3.63) is 16.1 Å². The number of thiazole rings is 1. The van der Waals surface area contributed by atoms with Gasteiger partial charge in [0.05, 0.1) is 11.2 Å². The highest BCUT2D eigenvalue weighted by atomic mass is 32.1. The van der Waals surface area contributed by atoms with Crippen LogP contribution >= 0.6 is 11.3 Å². The van der Waals surface area contributed by atoms with Crippen LogP contribution in [0.3, 0.4) is 0 Å².